The Morgan fingerprint density at radius 3 is 0.956 bits per heavy atom. The first kappa shape index (κ1) is 64.6. The number of carbonyl (C=O) groups excluding carboxylic acids is 3. The molecular weight excluding hydrogens is 841 g/mol. The molecule has 0 aromatic rings. The molecule has 0 saturated heterocycles. The first-order valence-electron chi connectivity index (χ1n) is 28.6. The van der Waals surface area contributed by atoms with Crippen molar-refractivity contribution in [1.82, 2.24) is 0 Å². The van der Waals surface area contributed by atoms with Crippen LogP contribution in [0.15, 0.2) is 85.1 Å². The van der Waals surface area contributed by atoms with Crippen LogP contribution in [0.25, 0.3) is 0 Å². The van der Waals surface area contributed by atoms with E-state index in [1.54, 1.807) is 0 Å². The fraction of sp³-hybridized carbons (Fsp3) is 0.726. The molecule has 0 saturated carbocycles. The zero-order valence-corrected chi connectivity index (χ0v) is 44.6. The summed E-state index contributed by atoms with van der Waals surface area (Å²) in [4.78, 5) is 37.9. The Bertz CT molecular complexity index is 1320. The van der Waals surface area contributed by atoms with Gasteiger partial charge in [-0.15, -0.1) is 0 Å². The number of unbranched alkanes of at least 4 members (excludes halogenated alkanes) is 26. The lowest BCUT2D eigenvalue weighted by Gasteiger charge is -2.18. The van der Waals surface area contributed by atoms with Gasteiger partial charge in [-0.2, -0.15) is 0 Å². The molecule has 0 aliphatic carbocycles. The second-order valence-corrected chi connectivity index (χ2v) is 18.8. The van der Waals surface area contributed by atoms with Crippen molar-refractivity contribution in [3.8, 4) is 0 Å². The standard InChI is InChI=1S/C62H106O6/c1-4-7-10-13-16-19-21-22-23-24-25-26-27-28-29-30-31-32-33-34-35-36-37-38-39-40-42-43-46-49-52-55-61(64)67-58-59(57-66-60(63)54-51-48-45-18-15-12-9-6-3)68-62(65)56-53-50-47-44-41-20-17-14-11-8-5-2/h7,10,14,16-17,19,22-23,25-26,28-29,31-32,59H,4-6,8-9,11-13,15,18,20-21,24,27,30,33-58H2,1-3H3/b10-7-,17-14-,19-16-,23-22-,26-25-,29-28-,32-31-. The molecule has 0 amide bonds. The number of hydrogen-bond acceptors (Lipinski definition) is 6. The van der Waals surface area contributed by atoms with E-state index in [0.717, 1.165) is 109 Å². The highest BCUT2D eigenvalue weighted by Gasteiger charge is 2.19. The molecule has 6 heteroatoms. The maximum atomic E-state index is 12.7. The Balaban J connectivity index is 4.07. The van der Waals surface area contributed by atoms with Crippen LogP contribution >= 0.6 is 0 Å². The Kier molecular flexibility index (Phi) is 53.4. The van der Waals surface area contributed by atoms with Crippen molar-refractivity contribution in [3.63, 3.8) is 0 Å². The van der Waals surface area contributed by atoms with Gasteiger partial charge in [-0.1, -0.05) is 247 Å². The highest BCUT2D eigenvalue weighted by atomic mass is 16.6. The van der Waals surface area contributed by atoms with Gasteiger partial charge in [0.1, 0.15) is 13.2 Å². The number of hydrogen-bond donors (Lipinski definition) is 0. The monoisotopic (exact) mass is 947 g/mol. The third-order valence-electron chi connectivity index (χ3n) is 12.1. The van der Waals surface area contributed by atoms with Crippen molar-refractivity contribution in [2.75, 3.05) is 13.2 Å². The maximum absolute atomic E-state index is 12.7. The number of rotatable bonds is 51. The van der Waals surface area contributed by atoms with Crippen LogP contribution in [-0.2, 0) is 28.6 Å². The van der Waals surface area contributed by atoms with Crippen molar-refractivity contribution >= 4 is 17.9 Å². The summed E-state index contributed by atoms with van der Waals surface area (Å²) < 4.78 is 16.7. The fourth-order valence-electron chi connectivity index (χ4n) is 7.84. The summed E-state index contributed by atoms with van der Waals surface area (Å²) >= 11 is 0. The van der Waals surface area contributed by atoms with Crippen molar-refractivity contribution < 1.29 is 28.6 Å². The second-order valence-electron chi connectivity index (χ2n) is 18.8. The molecule has 0 spiro atoms. The third kappa shape index (κ3) is 53.5. The normalized spacial score (nSPS) is 12.7. The number of carbonyl (C=O) groups is 3. The molecule has 1 unspecified atom stereocenters. The molecule has 0 aliphatic heterocycles. The molecule has 0 heterocycles. The Morgan fingerprint density at radius 2 is 0.588 bits per heavy atom. The van der Waals surface area contributed by atoms with E-state index in [-0.39, 0.29) is 31.1 Å². The predicted molar refractivity (Wildman–Crippen MR) is 293 cm³/mol. The van der Waals surface area contributed by atoms with E-state index < -0.39 is 6.10 Å². The summed E-state index contributed by atoms with van der Waals surface area (Å²) in [5.74, 6) is -0.891. The minimum absolute atomic E-state index is 0.0777. The average Bonchev–Trinajstić information content (AvgIpc) is 3.34. The topological polar surface area (TPSA) is 78.9 Å². The van der Waals surface area contributed by atoms with Crippen LogP contribution in [0, 0.1) is 0 Å². The van der Waals surface area contributed by atoms with Crippen LogP contribution in [0.1, 0.15) is 271 Å². The van der Waals surface area contributed by atoms with E-state index in [9.17, 15) is 14.4 Å². The lowest BCUT2D eigenvalue weighted by molar-refractivity contribution is -0.167. The van der Waals surface area contributed by atoms with Crippen LogP contribution in [-0.4, -0.2) is 37.2 Å². The maximum Gasteiger partial charge on any atom is 0.306 e. The summed E-state index contributed by atoms with van der Waals surface area (Å²) in [6.45, 7) is 6.45. The highest BCUT2D eigenvalue weighted by Crippen LogP contribution is 2.15. The van der Waals surface area contributed by atoms with Gasteiger partial charge in [0.25, 0.3) is 0 Å². The fourth-order valence-corrected chi connectivity index (χ4v) is 7.84. The van der Waals surface area contributed by atoms with Gasteiger partial charge in [-0.3, -0.25) is 14.4 Å². The summed E-state index contributed by atoms with van der Waals surface area (Å²) in [6, 6.07) is 0. The Labute approximate surface area is 420 Å². The first-order chi connectivity index (χ1) is 33.5. The molecule has 0 aromatic carbocycles. The van der Waals surface area contributed by atoms with Crippen LogP contribution in [0.2, 0.25) is 0 Å². The minimum Gasteiger partial charge on any atom is -0.462 e. The van der Waals surface area contributed by atoms with E-state index in [1.165, 1.54) is 122 Å². The average molecular weight is 948 g/mol. The lowest BCUT2D eigenvalue weighted by atomic mass is 10.0. The van der Waals surface area contributed by atoms with E-state index in [1.807, 2.05) is 0 Å². The minimum atomic E-state index is -0.776. The Morgan fingerprint density at radius 1 is 0.309 bits per heavy atom. The quantitative estimate of drug-likeness (QED) is 0.0262. The predicted octanol–water partition coefficient (Wildman–Crippen LogP) is 19.2. The molecule has 0 fully saturated rings. The van der Waals surface area contributed by atoms with Crippen LogP contribution in [0.5, 0.6) is 0 Å². The molecule has 0 aromatic heterocycles. The molecule has 1 atom stereocenters. The highest BCUT2D eigenvalue weighted by molar-refractivity contribution is 5.71. The summed E-state index contributed by atoms with van der Waals surface area (Å²) in [5.41, 5.74) is 0. The summed E-state index contributed by atoms with van der Waals surface area (Å²) in [6.07, 6.45) is 73.2. The molecule has 390 valence electrons. The molecule has 68 heavy (non-hydrogen) atoms. The number of esters is 3. The Hall–Kier alpha value is -3.41. The first-order valence-corrected chi connectivity index (χ1v) is 28.6. The van der Waals surface area contributed by atoms with Crippen molar-refractivity contribution in [2.24, 2.45) is 0 Å². The molecule has 0 bridgehead atoms. The zero-order valence-electron chi connectivity index (χ0n) is 44.6. The van der Waals surface area contributed by atoms with Gasteiger partial charge >= 0.3 is 17.9 Å². The van der Waals surface area contributed by atoms with Crippen molar-refractivity contribution in [3.05, 3.63) is 85.1 Å². The molecular formula is C62H106O6. The largest absolute Gasteiger partial charge is 0.462 e. The van der Waals surface area contributed by atoms with E-state index in [0.29, 0.717) is 19.3 Å². The van der Waals surface area contributed by atoms with Crippen LogP contribution in [0.3, 0.4) is 0 Å². The van der Waals surface area contributed by atoms with Gasteiger partial charge in [-0.25, -0.2) is 0 Å². The smallest absolute Gasteiger partial charge is 0.306 e. The van der Waals surface area contributed by atoms with Crippen molar-refractivity contribution in [1.29, 1.82) is 0 Å². The number of ether oxygens (including phenoxy) is 3. The van der Waals surface area contributed by atoms with Gasteiger partial charge in [0, 0.05) is 19.3 Å². The molecule has 6 nitrogen and oxygen atoms in total. The van der Waals surface area contributed by atoms with Gasteiger partial charge in [0.05, 0.1) is 0 Å². The SMILES string of the molecule is CC/C=C\C/C=C\C/C=C\C/C=C\C/C=C\C/C=C\CCCCCCCCCCCCCCC(=O)OCC(COC(=O)CCCCCCCCCC)OC(=O)CCCCCCC/C=C\CCCC. The van der Waals surface area contributed by atoms with Crippen molar-refractivity contribution in [2.45, 2.75) is 277 Å². The van der Waals surface area contributed by atoms with Gasteiger partial charge in [-0.05, 0) is 89.9 Å². The van der Waals surface area contributed by atoms with E-state index in [2.05, 4.69) is 106 Å². The molecule has 0 aliphatic rings. The third-order valence-corrected chi connectivity index (χ3v) is 12.1. The van der Waals surface area contributed by atoms with Crippen LogP contribution < -0.4 is 0 Å². The van der Waals surface area contributed by atoms with E-state index in [4.69, 9.17) is 14.2 Å². The second kappa shape index (κ2) is 56.2. The summed E-state index contributed by atoms with van der Waals surface area (Å²) in [5, 5.41) is 0. The summed E-state index contributed by atoms with van der Waals surface area (Å²) in [7, 11) is 0. The number of allylic oxidation sites excluding steroid dienone is 14. The van der Waals surface area contributed by atoms with Crippen LogP contribution in [0.4, 0.5) is 0 Å². The van der Waals surface area contributed by atoms with Gasteiger partial charge < -0.3 is 14.2 Å². The van der Waals surface area contributed by atoms with Gasteiger partial charge in [0.15, 0.2) is 6.10 Å². The van der Waals surface area contributed by atoms with Gasteiger partial charge in [0.2, 0.25) is 0 Å². The molecule has 0 rings (SSSR count). The lowest BCUT2D eigenvalue weighted by Crippen LogP contribution is -2.30. The molecule has 0 radical (unpaired) electrons. The molecule has 0 N–H and O–H groups in total. The van der Waals surface area contributed by atoms with E-state index >= 15 is 0 Å². The zero-order chi connectivity index (χ0) is 49.3.